The number of nitrogens with zero attached hydrogens (tertiary/aromatic N) is 9. The fraction of sp³-hybridized carbons (Fsp3) is 0.0500. The van der Waals surface area contributed by atoms with Crippen LogP contribution in [0.15, 0.2) is 158 Å². The average Bonchev–Trinajstić information content (AvgIpc) is 3.74. The highest BCUT2D eigenvalue weighted by molar-refractivity contribution is 7.87. The highest BCUT2D eigenvalue weighted by Crippen LogP contribution is 2.44. The van der Waals surface area contributed by atoms with Crippen molar-refractivity contribution in [3.8, 4) is 17.2 Å². The number of methoxy groups -OCH3 is 1. The number of aryl methyl sites for hydroxylation is 1. The van der Waals surface area contributed by atoms with E-state index in [2.05, 4.69) is 40.9 Å². The van der Waals surface area contributed by atoms with Gasteiger partial charge in [-0.2, -0.15) is 62.2 Å². The van der Waals surface area contributed by atoms with Crippen molar-refractivity contribution in [3.05, 3.63) is 109 Å². The van der Waals surface area contributed by atoms with Gasteiger partial charge in [0.25, 0.3) is 50.6 Å². The topological polar surface area (TPSA) is 406 Å². The predicted molar refractivity (Wildman–Crippen MR) is 248 cm³/mol. The molecule has 0 aliphatic heterocycles. The molecule has 0 saturated heterocycles. The first-order valence-electron chi connectivity index (χ1n) is 19.3. The van der Waals surface area contributed by atoms with Gasteiger partial charge < -0.3 is 9.84 Å². The van der Waals surface area contributed by atoms with Crippen molar-refractivity contribution < 1.29 is 74.7 Å². The number of hydrogen-bond donors (Lipinski definition) is 6. The van der Waals surface area contributed by atoms with E-state index < -0.39 is 92.2 Å². The molecule has 0 aliphatic carbocycles. The molecular weight excluding hydrogens is 1040 g/mol. The number of aromatic nitrogens is 3. The molecule has 0 unspecified atom stereocenters. The summed E-state index contributed by atoms with van der Waals surface area (Å²) in [4.78, 5) is -3.24. The van der Waals surface area contributed by atoms with E-state index in [-0.39, 0.29) is 61.1 Å². The first-order chi connectivity index (χ1) is 33.1. The number of hydrogen-bond acceptors (Lipinski definition) is 20. The first-order valence-corrected chi connectivity index (χ1v) is 26.5. The zero-order chi connectivity index (χ0) is 51.6. The van der Waals surface area contributed by atoms with E-state index in [0.29, 0.717) is 23.4 Å². The molecule has 366 valence electrons. The zero-order valence-corrected chi connectivity index (χ0v) is 39.6. The average molecular weight is 1070 g/mol. The highest BCUT2D eigenvalue weighted by atomic mass is 32.2. The lowest BCUT2D eigenvalue weighted by Crippen LogP contribution is -2.04. The number of benzene rings is 7. The molecule has 31 heteroatoms. The molecule has 26 nitrogen and oxygen atoms in total. The Bertz CT molecular complexity index is 4260. The van der Waals surface area contributed by atoms with Gasteiger partial charge in [-0.3, -0.25) is 22.8 Å². The van der Waals surface area contributed by atoms with Crippen LogP contribution in [0.1, 0.15) is 5.56 Å². The van der Waals surface area contributed by atoms with Crippen LogP contribution in [-0.4, -0.2) is 92.1 Å². The summed E-state index contributed by atoms with van der Waals surface area (Å²) in [6.07, 6.45) is 0. The van der Waals surface area contributed by atoms with Gasteiger partial charge in [-0.05, 0) is 109 Å². The number of fused-ring (bicyclic) bond motifs is 4. The standard InChI is InChI=1S/C40H29N9O17S5/c1-20-13-33(34(66-2)19-32(20)44-42-23-5-3-22(4-6-23)41-43-30-11-8-25(67(51,52)53)17-36(30)70(60,61)62)45-46-39-37(71(63,64)65)15-21-14-24(7-9-27(21)40(39)50)49-47-31-12-10-28-29(38(31)48-49)16-26(68(54,55)56)18-35(28)69(57,58)59/h3-19,50H,1-2H3,(H,51,52,53)(H,54,55,56)(H,57,58,59)(H,60,61,62)(H,63,64,65). The SMILES string of the molecule is COc1cc(N=Nc2ccc(N=Nc3ccc(S(=O)(=O)O)cc3S(=O)(=O)O)cc2)c(C)cc1N=Nc1c(S(=O)(=O)O)cc2cc(-n3nc4ccc5c(S(=O)(=O)O)cc(S(=O)(=O)O)cc5c4n3)ccc2c1O. The second kappa shape index (κ2) is 18.0. The summed E-state index contributed by atoms with van der Waals surface area (Å²) in [6, 6.07) is 20.1. The second-order valence-electron chi connectivity index (χ2n) is 14.8. The van der Waals surface area contributed by atoms with Gasteiger partial charge in [0.1, 0.15) is 48.5 Å². The van der Waals surface area contributed by atoms with Crippen LogP contribution in [0.4, 0.5) is 34.1 Å². The van der Waals surface area contributed by atoms with Gasteiger partial charge in [0, 0.05) is 22.2 Å². The lowest BCUT2D eigenvalue weighted by Gasteiger charge is -2.11. The van der Waals surface area contributed by atoms with Gasteiger partial charge in [0.2, 0.25) is 0 Å². The first kappa shape index (κ1) is 49.8. The number of ether oxygens (including phenoxy) is 1. The molecule has 0 atom stereocenters. The summed E-state index contributed by atoms with van der Waals surface area (Å²) in [7, 11) is -23.6. The van der Waals surface area contributed by atoms with E-state index >= 15 is 0 Å². The Hall–Kier alpha value is -7.59. The molecule has 0 radical (unpaired) electrons. The fourth-order valence-corrected chi connectivity index (χ4v) is 10.1. The molecule has 0 bridgehead atoms. The van der Waals surface area contributed by atoms with E-state index in [4.69, 9.17) is 4.74 Å². The van der Waals surface area contributed by atoms with E-state index in [1.165, 1.54) is 73.8 Å². The molecule has 0 spiro atoms. The van der Waals surface area contributed by atoms with Crippen LogP contribution in [0.5, 0.6) is 11.5 Å². The van der Waals surface area contributed by atoms with E-state index in [1.54, 1.807) is 6.92 Å². The van der Waals surface area contributed by atoms with Crippen molar-refractivity contribution in [2.75, 3.05) is 7.11 Å². The van der Waals surface area contributed by atoms with Crippen molar-refractivity contribution in [2.24, 2.45) is 30.7 Å². The van der Waals surface area contributed by atoms with Crippen LogP contribution < -0.4 is 4.74 Å². The highest BCUT2D eigenvalue weighted by Gasteiger charge is 2.26. The monoisotopic (exact) mass is 1070 g/mol. The molecule has 1 aromatic heterocycles. The predicted octanol–water partition coefficient (Wildman–Crippen LogP) is 8.23. The minimum atomic E-state index is -5.12. The Balaban J connectivity index is 1.07. The Morgan fingerprint density at radius 2 is 1.07 bits per heavy atom. The summed E-state index contributed by atoms with van der Waals surface area (Å²) in [6.45, 7) is 1.63. The molecular formula is C40H29N9O17S5. The van der Waals surface area contributed by atoms with Gasteiger partial charge in [0.05, 0.1) is 39.7 Å². The van der Waals surface area contributed by atoms with Crippen molar-refractivity contribution >= 4 is 117 Å². The lowest BCUT2D eigenvalue weighted by molar-refractivity contribution is 0.416. The third-order valence-corrected chi connectivity index (χ3v) is 14.5. The van der Waals surface area contributed by atoms with Crippen LogP contribution in [-0.2, 0) is 50.6 Å². The summed E-state index contributed by atoms with van der Waals surface area (Å²) < 4.78 is 175. The third kappa shape index (κ3) is 10.3. The summed E-state index contributed by atoms with van der Waals surface area (Å²) in [5, 5.41) is 44.0. The molecule has 1 heterocycles. The summed E-state index contributed by atoms with van der Waals surface area (Å²) >= 11 is 0. The molecule has 0 aliphatic rings. The molecule has 8 rings (SSSR count). The number of rotatable bonds is 13. The Labute approximate surface area is 400 Å². The van der Waals surface area contributed by atoms with Crippen LogP contribution >= 0.6 is 0 Å². The molecule has 7 aromatic carbocycles. The van der Waals surface area contributed by atoms with Crippen LogP contribution in [0.25, 0.3) is 38.3 Å². The van der Waals surface area contributed by atoms with Gasteiger partial charge in [-0.1, -0.05) is 6.07 Å². The molecule has 0 amide bonds. The Morgan fingerprint density at radius 3 is 1.66 bits per heavy atom. The van der Waals surface area contributed by atoms with Crippen LogP contribution in [0.3, 0.4) is 0 Å². The van der Waals surface area contributed by atoms with Crippen LogP contribution in [0, 0.1) is 6.92 Å². The second-order valence-corrected chi connectivity index (χ2v) is 21.9. The normalized spacial score (nSPS) is 13.2. The van der Waals surface area contributed by atoms with Gasteiger partial charge >= 0.3 is 0 Å². The molecule has 8 aromatic rings. The number of phenols is 1. The number of phenolic OH excluding ortho intramolecular Hbond substituents is 1. The molecule has 0 fully saturated rings. The van der Waals surface area contributed by atoms with E-state index in [0.717, 1.165) is 29.1 Å². The quantitative estimate of drug-likeness (QED) is 0.0467. The van der Waals surface area contributed by atoms with E-state index in [1.807, 2.05) is 0 Å². The van der Waals surface area contributed by atoms with Gasteiger partial charge in [-0.15, -0.1) is 25.5 Å². The fourth-order valence-electron chi connectivity index (χ4n) is 6.86. The molecule has 6 N–H and O–H groups in total. The lowest BCUT2D eigenvalue weighted by atomic mass is 10.1. The molecule has 71 heavy (non-hydrogen) atoms. The van der Waals surface area contributed by atoms with Crippen LogP contribution in [0.2, 0.25) is 0 Å². The maximum Gasteiger partial charge on any atom is 0.296 e. The third-order valence-electron chi connectivity index (χ3n) is 10.2. The minimum absolute atomic E-state index is 0.0159. The number of aromatic hydroxyl groups is 1. The van der Waals surface area contributed by atoms with Crippen molar-refractivity contribution in [3.63, 3.8) is 0 Å². The maximum atomic E-state index is 12.7. The number of azo groups is 3. The smallest absolute Gasteiger partial charge is 0.296 e. The zero-order valence-electron chi connectivity index (χ0n) is 35.6. The molecule has 0 saturated carbocycles. The largest absolute Gasteiger partial charge is 0.505 e. The van der Waals surface area contributed by atoms with Gasteiger partial charge in [0.15, 0.2) is 5.75 Å². The van der Waals surface area contributed by atoms with Crippen molar-refractivity contribution in [1.82, 2.24) is 15.0 Å². The Morgan fingerprint density at radius 1 is 0.493 bits per heavy atom. The summed E-state index contributed by atoms with van der Waals surface area (Å²) in [5.74, 6) is -0.664. The van der Waals surface area contributed by atoms with Gasteiger partial charge in [-0.25, -0.2) is 0 Å². The van der Waals surface area contributed by atoms with E-state index in [9.17, 15) is 70.0 Å². The van der Waals surface area contributed by atoms with Crippen molar-refractivity contribution in [1.29, 1.82) is 0 Å². The van der Waals surface area contributed by atoms with Crippen molar-refractivity contribution in [2.45, 2.75) is 31.4 Å². The maximum absolute atomic E-state index is 12.7. The summed E-state index contributed by atoms with van der Waals surface area (Å²) in [5.41, 5.74) is 0.300. The minimum Gasteiger partial charge on any atom is -0.505 e. The Kier molecular flexibility index (Phi) is 12.6.